The molecule has 0 spiro atoms. The molecule has 0 aromatic rings. The normalized spacial score (nSPS) is 27.7. The second-order valence-corrected chi connectivity index (χ2v) is 6.32. The molecule has 0 saturated carbocycles. The Bertz CT molecular complexity index is 421. The Morgan fingerprint density at radius 3 is 2.90 bits per heavy atom. The fourth-order valence-corrected chi connectivity index (χ4v) is 3.35. The molecule has 0 radical (unpaired) electrons. The average molecular weight is 297 g/mol. The number of fused-ring (bicyclic) bond motifs is 1. The van der Waals surface area contributed by atoms with Gasteiger partial charge in [-0.05, 0) is 37.8 Å². The van der Waals surface area contributed by atoms with Gasteiger partial charge in [-0.2, -0.15) is 0 Å². The fourth-order valence-electron chi connectivity index (χ4n) is 3.35. The summed E-state index contributed by atoms with van der Waals surface area (Å²) >= 11 is 0. The van der Waals surface area contributed by atoms with E-state index in [1.807, 2.05) is 6.92 Å². The minimum absolute atomic E-state index is 0.214. The third kappa shape index (κ3) is 3.00. The summed E-state index contributed by atoms with van der Waals surface area (Å²) in [6.45, 7) is 7.29. The first kappa shape index (κ1) is 16.5. The van der Waals surface area contributed by atoms with Gasteiger partial charge in [-0.15, -0.1) is 0 Å². The molecule has 120 valence electrons. The largest absolute Gasteiger partial charge is 0.459 e. The van der Waals surface area contributed by atoms with Gasteiger partial charge < -0.3 is 14.9 Å². The molecule has 5 nitrogen and oxygen atoms in total. The summed E-state index contributed by atoms with van der Waals surface area (Å²) in [4.78, 5) is 14.7. The number of hydrogen-bond donors (Lipinski definition) is 2. The average Bonchev–Trinajstić information content (AvgIpc) is 3.06. The molecule has 0 amide bonds. The van der Waals surface area contributed by atoms with Crippen molar-refractivity contribution in [1.82, 2.24) is 4.90 Å². The zero-order chi connectivity index (χ0) is 15.6. The van der Waals surface area contributed by atoms with Gasteiger partial charge in [-0.25, -0.2) is 4.79 Å². The van der Waals surface area contributed by atoms with Crippen molar-refractivity contribution >= 4 is 5.97 Å². The van der Waals surface area contributed by atoms with Crippen molar-refractivity contribution in [3.8, 4) is 0 Å². The number of esters is 1. The molecule has 21 heavy (non-hydrogen) atoms. The summed E-state index contributed by atoms with van der Waals surface area (Å²) < 4.78 is 5.34. The van der Waals surface area contributed by atoms with Crippen molar-refractivity contribution in [3.05, 3.63) is 11.6 Å². The number of aliphatic hydroxyl groups excluding tert-OH is 1. The lowest BCUT2D eigenvalue weighted by atomic mass is 9.82. The van der Waals surface area contributed by atoms with Crippen molar-refractivity contribution in [3.63, 3.8) is 0 Å². The molecule has 0 aliphatic carbocycles. The molecule has 0 aromatic heterocycles. The number of carbonyl (C=O) groups is 1. The Morgan fingerprint density at radius 2 is 2.29 bits per heavy atom. The van der Waals surface area contributed by atoms with Gasteiger partial charge in [0.2, 0.25) is 0 Å². The van der Waals surface area contributed by atoms with Crippen LogP contribution in [0.1, 0.15) is 40.0 Å². The van der Waals surface area contributed by atoms with Crippen LogP contribution in [0.5, 0.6) is 0 Å². The van der Waals surface area contributed by atoms with Crippen molar-refractivity contribution in [2.75, 3.05) is 19.7 Å². The second kappa shape index (κ2) is 6.46. The Kier molecular flexibility index (Phi) is 5.07. The highest BCUT2D eigenvalue weighted by molar-refractivity contribution is 5.80. The van der Waals surface area contributed by atoms with Crippen LogP contribution in [-0.2, 0) is 9.53 Å². The molecule has 2 rings (SSSR count). The summed E-state index contributed by atoms with van der Waals surface area (Å²) in [5, 5.41) is 20.3. The third-order valence-corrected chi connectivity index (χ3v) is 5.08. The molecule has 2 N–H and O–H groups in total. The zero-order valence-electron chi connectivity index (χ0n) is 13.2. The van der Waals surface area contributed by atoms with Crippen LogP contribution >= 0.6 is 0 Å². The molecule has 1 fully saturated rings. The molecule has 1 saturated heterocycles. The van der Waals surface area contributed by atoms with E-state index in [1.165, 1.54) is 13.3 Å². The van der Waals surface area contributed by atoms with E-state index >= 15 is 0 Å². The first-order valence-corrected chi connectivity index (χ1v) is 7.91. The lowest BCUT2D eigenvalue weighted by Gasteiger charge is -2.34. The number of carbonyl (C=O) groups excluding carboxylic acids is 1. The number of nitrogens with zero attached hydrogens (tertiary/aromatic N) is 1. The van der Waals surface area contributed by atoms with Gasteiger partial charge >= 0.3 is 5.97 Å². The van der Waals surface area contributed by atoms with Crippen LogP contribution in [0.25, 0.3) is 0 Å². The number of rotatable bonds is 6. The molecule has 0 bridgehead atoms. The maximum atomic E-state index is 12.3. The van der Waals surface area contributed by atoms with E-state index in [1.54, 1.807) is 6.92 Å². The molecule has 5 heteroatoms. The van der Waals surface area contributed by atoms with Crippen LogP contribution in [0.2, 0.25) is 0 Å². The van der Waals surface area contributed by atoms with E-state index in [2.05, 4.69) is 11.0 Å². The van der Waals surface area contributed by atoms with Gasteiger partial charge in [0.1, 0.15) is 6.61 Å². The molecule has 4 atom stereocenters. The van der Waals surface area contributed by atoms with Gasteiger partial charge in [0.15, 0.2) is 5.60 Å². The smallest absolute Gasteiger partial charge is 0.341 e. The first-order chi connectivity index (χ1) is 9.91. The van der Waals surface area contributed by atoms with Crippen LogP contribution in [0.3, 0.4) is 0 Å². The van der Waals surface area contributed by atoms with Crippen molar-refractivity contribution in [1.29, 1.82) is 0 Å². The van der Waals surface area contributed by atoms with E-state index in [9.17, 15) is 15.0 Å². The summed E-state index contributed by atoms with van der Waals surface area (Å²) in [5.74, 6) is -1.07. The maximum absolute atomic E-state index is 12.3. The molecule has 2 aliphatic rings. The predicted molar refractivity (Wildman–Crippen MR) is 79.7 cm³/mol. The molecule has 0 aromatic carbocycles. The quantitative estimate of drug-likeness (QED) is 0.567. The lowest BCUT2D eigenvalue weighted by molar-refractivity contribution is -0.185. The molecule has 2 aliphatic heterocycles. The molecular formula is C16H27NO4. The van der Waals surface area contributed by atoms with E-state index in [0.717, 1.165) is 25.1 Å². The highest BCUT2D eigenvalue weighted by Gasteiger charge is 2.47. The van der Waals surface area contributed by atoms with Gasteiger partial charge in [0.25, 0.3) is 0 Å². The van der Waals surface area contributed by atoms with Crippen molar-refractivity contribution < 1.29 is 19.7 Å². The Labute approximate surface area is 126 Å². The second-order valence-electron chi connectivity index (χ2n) is 6.32. The molecule has 2 heterocycles. The summed E-state index contributed by atoms with van der Waals surface area (Å²) in [7, 11) is 0. The van der Waals surface area contributed by atoms with Crippen LogP contribution in [0.15, 0.2) is 11.6 Å². The summed E-state index contributed by atoms with van der Waals surface area (Å²) in [5.41, 5.74) is -0.707. The SMILES string of the molecule is CC[C@H](C)[C@](O)(C(=O)OCC1=CCN2CCC[C@@H]12)[C@@H](C)O. The van der Waals surface area contributed by atoms with Gasteiger partial charge in [-0.1, -0.05) is 26.3 Å². The number of ether oxygens (including phenoxy) is 1. The zero-order valence-corrected chi connectivity index (χ0v) is 13.2. The van der Waals surface area contributed by atoms with Crippen LogP contribution in [-0.4, -0.2) is 58.5 Å². The van der Waals surface area contributed by atoms with E-state index in [-0.39, 0.29) is 12.5 Å². The predicted octanol–water partition coefficient (Wildman–Crippen LogP) is 1.09. The summed E-state index contributed by atoms with van der Waals surface area (Å²) in [6.07, 6.45) is 3.84. The van der Waals surface area contributed by atoms with Crippen LogP contribution in [0, 0.1) is 5.92 Å². The lowest BCUT2D eigenvalue weighted by Crippen LogP contribution is -2.54. The standard InChI is InChI=1S/C16H27NO4/c1-4-11(2)16(20,12(3)18)15(19)21-10-13-7-9-17-8-5-6-14(13)17/h7,11-12,14,18,20H,4-6,8-10H2,1-3H3/t11-,12+,14-,16+/m0/s1. The topological polar surface area (TPSA) is 70.0 Å². The first-order valence-electron chi connectivity index (χ1n) is 7.91. The van der Waals surface area contributed by atoms with Crippen LogP contribution in [0.4, 0.5) is 0 Å². The molecular weight excluding hydrogens is 270 g/mol. The van der Waals surface area contributed by atoms with E-state index in [0.29, 0.717) is 12.5 Å². The minimum atomic E-state index is -1.83. The summed E-state index contributed by atoms with van der Waals surface area (Å²) in [6, 6.07) is 0.390. The number of aliphatic hydroxyl groups is 2. The number of hydrogen-bond acceptors (Lipinski definition) is 5. The van der Waals surface area contributed by atoms with Crippen LogP contribution < -0.4 is 0 Å². The van der Waals surface area contributed by atoms with Gasteiger partial charge in [0, 0.05) is 12.6 Å². The van der Waals surface area contributed by atoms with E-state index in [4.69, 9.17) is 4.74 Å². The highest BCUT2D eigenvalue weighted by atomic mass is 16.6. The third-order valence-electron chi connectivity index (χ3n) is 5.08. The van der Waals surface area contributed by atoms with Gasteiger partial charge in [-0.3, -0.25) is 4.90 Å². The maximum Gasteiger partial charge on any atom is 0.341 e. The Hall–Kier alpha value is -0.910. The van der Waals surface area contributed by atoms with Gasteiger partial charge in [0.05, 0.1) is 6.10 Å². The van der Waals surface area contributed by atoms with E-state index < -0.39 is 17.7 Å². The van der Waals surface area contributed by atoms with Crippen molar-refractivity contribution in [2.45, 2.75) is 57.8 Å². The van der Waals surface area contributed by atoms with Crippen molar-refractivity contribution in [2.24, 2.45) is 5.92 Å². The monoisotopic (exact) mass is 297 g/mol. The highest BCUT2D eigenvalue weighted by Crippen LogP contribution is 2.30. The molecule has 0 unspecified atom stereocenters. The Balaban J connectivity index is 1.97. The Morgan fingerprint density at radius 1 is 1.57 bits per heavy atom. The fraction of sp³-hybridized carbons (Fsp3) is 0.812. The minimum Gasteiger partial charge on any atom is -0.459 e.